The second kappa shape index (κ2) is 17.4. The first-order chi connectivity index (χ1) is 27.9. The van der Waals surface area contributed by atoms with Crippen molar-refractivity contribution in [3.63, 3.8) is 0 Å². The lowest BCUT2D eigenvalue weighted by Crippen LogP contribution is -2.33. The van der Waals surface area contributed by atoms with Gasteiger partial charge in [0, 0.05) is 26.2 Å². The lowest BCUT2D eigenvalue weighted by Gasteiger charge is -2.23. The molecule has 57 heavy (non-hydrogen) atoms. The van der Waals surface area contributed by atoms with Gasteiger partial charge in [-0.1, -0.05) is 36.4 Å². The molecule has 6 aromatic rings. The van der Waals surface area contributed by atoms with Gasteiger partial charge >= 0.3 is 0 Å². The van der Waals surface area contributed by atoms with Crippen molar-refractivity contribution in [3.05, 3.63) is 117 Å². The molecule has 2 fully saturated rings. The topological polar surface area (TPSA) is 110 Å². The first-order valence-electron chi connectivity index (χ1n) is 20.3. The molecule has 0 atom stereocenters. The molecule has 4 heterocycles. The van der Waals surface area contributed by atoms with Gasteiger partial charge in [-0.3, -0.25) is 28.5 Å². The van der Waals surface area contributed by atoms with Crippen LogP contribution in [0.3, 0.4) is 0 Å². The number of ether oxygens (including phenoxy) is 2. The molecule has 0 radical (unpaired) electrons. The molecular weight excluding hydrogens is 717 g/mol. The zero-order valence-corrected chi connectivity index (χ0v) is 33.2. The lowest BCUT2D eigenvalue weighted by molar-refractivity contribution is 0.261. The molecule has 296 valence electrons. The van der Waals surface area contributed by atoms with E-state index in [1.54, 1.807) is 9.13 Å². The fourth-order valence-electron chi connectivity index (χ4n) is 8.09. The van der Waals surface area contributed by atoms with Gasteiger partial charge in [0.1, 0.15) is 23.1 Å². The first-order valence-corrected chi connectivity index (χ1v) is 20.3. The van der Waals surface area contributed by atoms with Gasteiger partial charge in [-0.15, -0.1) is 0 Å². The van der Waals surface area contributed by atoms with Crippen LogP contribution in [0.15, 0.2) is 94.5 Å². The Hall–Kier alpha value is -5.40. The van der Waals surface area contributed by atoms with Gasteiger partial charge in [0.25, 0.3) is 11.1 Å². The second-order valence-corrected chi connectivity index (χ2v) is 14.9. The molecule has 2 aromatic heterocycles. The number of rotatable bonds is 11. The van der Waals surface area contributed by atoms with Gasteiger partial charge in [0.05, 0.1) is 59.5 Å². The predicted octanol–water partition coefficient (Wildman–Crippen LogP) is 5.48. The highest BCUT2D eigenvalue weighted by atomic mass is 16.5. The van der Waals surface area contributed by atoms with E-state index in [9.17, 15) is 9.59 Å². The molecule has 12 nitrogen and oxygen atoms in total. The van der Waals surface area contributed by atoms with E-state index in [0.717, 1.165) is 76.3 Å². The minimum absolute atomic E-state index is 0.149. The Morgan fingerprint density at radius 1 is 0.596 bits per heavy atom. The van der Waals surface area contributed by atoms with Gasteiger partial charge in [0.15, 0.2) is 0 Å². The number of nitrogens with zero attached hydrogens (tertiary/aromatic N) is 7. The monoisotopic (exact) mass is 768 g/mol. The van der Waals surface area contributed by atoms with Crippen molar-refractivity contribution < 1.29 is 9.47 Å². The fourth-order valence-corrected chi connectivity index (χ4v) is 8.09. The lowest BCUT2D eigenvalue weighted by atomic mass is 10.0. The molecular formula is C45H52N8O4. The third-order valence-corrected chi connectivity index (χ3v) is 11.0. The highest BCUT2D eigenvalue weighted by molar-refractivity contribution is 5.85. The van der Waals surface area contributed by atoms with E-state index in [1.165, 1.54) is 0 Å². The van der Waals surface area contributed by atoms with Crippen LogP contribution >= 0.6 is 0 Å². The molecule has 8 rings (SSSR count). The van der Waals surface area contributed by atoms with Crippen molar-refractivity contribution in [2.75, 3.05) is 72.6 Å². The van der Waals surface area contributed by atoms with Crippen LogP contribution in [-0.2, 0) is 13.1 Å². The summed E-state index contributed by atoms with van der Waals surface area (Å²) in [6, 6.07) is 26.9. The standard InChI is InChI=1S/C45H52N8O4/c1-4-56-40-15-9-8-14-38(40)52-42(31-51-24-11-22-49(3)26-27-51)48-37-18-16-32(28-35(37)45(52)55)33-17-19-41(57-5-2)39(29-33)53-43(30-50-23-10-20-46-21-25-50)47-36-13-7-6-12-34(36)44(53)54/h6-9,12-19,28-29,46H,4-5,10-11,20-27,30-31H2,1-3H3. The summed E-state index contributed by atoms with van der Waals surface area (Å²) in [5.74, 6) is 2.55. The second-order valence-electron chi connectivity index (χ2n) is 14.9. The highest BCUT2D eigenvalue weighted by Gasteiger charge is 2.23. The van der Waals surface area contributed by atoms with E-state index in [1.807, 2.05) is 98.8 Å². The Bertz CT molecular complexity index is 2490. The van der Waals surface area contributed by atoms with E-state index in [0.29, 0.717) is 82.6 Å². The van der Waals surface area contributed by atoms with Gasteiger partial charge in [-0.25, -0.2) is 9.97 Å². The summed E-state index contributed by atoms with van der Waals surface area (Å²) in [6.45, 7) is 13.3. The number of aromatic nitrogens is 4. The molecule has 0 unspecified atom stereocenters. The summed E-state index contributed by atoms with van der Waals surface area (Å²) < 4.78 is 15.7. The molecule has 0 saturated carbocycles. The SMILES string of the molecule is CCOc1ccc(-c2ccc3nc(CN4CCCN(C)CC4)n(-c4ccccc4OCC)c(=O)c3c2)cc1-n1c(CN2CCCNCC2)nc2ccccc2c1=O. The van der Waals surface area contributed by atoms with E-state index in [2.05, 4.69) is 27.1 Å². The van der Waals surface area contributed by atoms with E-state index in [4.69, 9.17) is 19.4 Å². The Kier molecular flexibility index (Phi) is 11.7. The van der Waals surface area contributed by atoms with Crippen LogP contribution in [0, 0.1) is 0 Å². The van der Waals surface area contributed by atoms with Crippen molar-refractivity contribution in [1.29, 1.82) is 0 Å². The normalized spacial score (nSPS) is 16.1. The van der Waals surface area contributed by atoms with Crippen molar-refractivity contribution in [2.45, 2.75) is 39.8 Å². The summed E-state index contributed by atoms with van der Waals surface area (Å²) in [6.07, 6.45) is 2.07. The number of para-hydroxylation sites is 3. The molecule has 0 bridgehead atoms. The molecule has 0 amide bonds. The minimum Gasteiger partial charge on any atom is -0.492 e. The van der Waals surface area contributed by atoms with Gasteiger partial charge in [-0.05, 0) is 120 Å². The first kappa shape index (κ1) is 38.5. The van der Waals surface area contributed by atoms with Crippen molar-refractivity contribution in [3.8, 4) is 34.0 Å². The van der Waals surface area contributed by atoms with Crippen LogP contribution in [-0.4, -0.2) is 106 Å². The van der Waals surface area contributed by atoms with Crippen molar-refractivity contribution >= 4 is 21.8 Å². The van der Waals surface area contributed by atoms with Crippen LogP contribution in [0.25, 0.3) is 44.3 Å². The summed E-state index contributed by atoms with van der Waals surface area (Å²) in [4.78, 5) is 46.7. The van der Waals surface area contributed by atoms with E-state index >= 15 is 0 Å². The molecule has 2 aliphatic rings. The van der Waals surface area contributed by atoms with Gasteiger partial charge in [-0.2, -0.15) is 0 Å². The van der Waals surface area contributed by atoms with Crippen LogP contribution < -0.4 is 25.9 Å². The molecule has 2 saturated heterocycles. The summed E-state index contributed by atoms with van der Waals surface area (Å²) >= 11 is 0. The Labute approximate surface area is 333 Å². The summed E-state index contributed by atoms with van der Waals surface area (Å²) in [5.41, 5.74) is 3.92. The van der Waals surface area contributed by atoms with Crippen LogP contribution in [0.2, 0.25) is 0 Å². The number of fused-ring (bicyclic) bond motifs is 2. The average Bonchev–Trinajstić information content (AvgIpc) is 3.61. The number of hydrogen-bond acceptors (Lipinski definition) is 10. The maximum atomic E-state index is 14.9. The number of likely N-dealkylation sites (N-methyl/N-ethyl adjacent to an activating group) is 1. The molecule has 0 aliphatic carbocycles. The Balaban J connectivity index is 1.27. The number of hydrogen-bond donors (Lipinski definition) is 1. The molecule has 2 aliphatic heterocycles. The summed E-state index contributed by atoms with van der Waals surface area (Å²) in [5, 5.41) is 4.51. The smallest absolute Gasteiger partial charge is 0.266 e. The molecule has 1 N–H and O–H groups in total. The quantitative estimate of drug-likeness (QED) is 0.182. The van der Waals surface area contributed by atoms with Crippen LogP contribution in [0.5, 0.6) is 11.5 Å². The van der Waals surface area contributed by atoms with E-state index in [-0.39, 0.29) is 11.1 Å². The van der Waals surface area contributed by atoms with Gasteiger partial charge in [0.2, 0.25) is 0 Å². The third kappa shape index (κ3) is 8.22. The molecule has 4 aromatic carbocycles. The largest absolute Gasteiger partial charge is 0.492 e. The maximum absolute atomic E-state index is 14.9. The number of benzene rings is 4. The maximum Gasteiger partial charge on any atom is 0.266 e. The van der Waals surface area contributed by atoms with Crippen molar-refractivity contribution in [2.24, 2.45) is 0 Å². The average molecular weight is 769 g/mol. The van der Waals surface area contributed by atoms with Crippen molar-refractivity contribution in [1.82, 2.24) is 39.1 Å². The molecule has 12 heteroatoms. The summed E-state index contributed by atoms with van der Waals surface area (Å²) in [7, 11) is 2.15. The zero-order valence-electron chi connectivity index (χ0n) is 33.2. The Morgan fingerprint density at radius 2 is 1.23 bits per heavy atom. The zero-order chi connectivity index (χ0) is 39.3. The molecule has 0 spiro atoms. The number of nitrogens with one attached hydrogen (secondary N) is 1. The fraction of sp³-hybridized carbons (Fsp3) is 0.378. The predicted molar refractivity (Wildman–Crippen MR) is 226 cm³/mol. The minimum atomic E-state index is -0.161. The van der Waals surface area contributed by atoms with Gasteiger partial charge < -0.3 is 19.7 Å². The van der Waals surface area contributed by atoms with Crippen LogP contribution in [0.4, 0.5) is 0 Å². The van der Waals surface area contributed by atoms with Crippen LogP contribution in [0.1, 0.15) is 38.3 Å². The highest BCUT2D eigenvalue weighted by Crippen LogP contribution is 2.32. The third-order valence-electron chi connectivity index (χ3n) is 11.0. The Morgan fingerprint density at radius 3 is 2.04 bits per heavy atom. The van der Waals surface area contributed by atoms with E-state index < -0.39 is 0 Å².